The molecular weight excluding hydrogens is 282 g/mol. The third-order valence-corrected chi connectivity index (χ3v) is 3.89. The number of aliphatic carboxylic acids is 1. The minimum absolute atomic E-state index is 0.0547. The average molecular weight is 292 g/mol. The smallest absolute Gasteiger partial charge is 0.266 e. The van der Waals surface area contributed by atoms with E-state index in [1.165, 1.54) is 16.7 Å². The summed E-state index contributed by atoms with van der Waals surface area (Å²) in [6, 6.07) is 9.41. The molecule has 1 amide bonds. The molecule has 1 heterocycles. The molecule has 0 bridgehead atoms. The van der Waals surface area contributed by atoms with Crippen molar-refractivity contribution in [3.05, 3.63) is 40.8 Å². The van der Waals surface area contributed by atoms with Crippen LogP contribution in [0.2, 0.25) is 0 Å². The van der Waals surface area contributed by atoms with Gasteiger partial charge in [-0.25, -0.2) is 0 Å². The molecule has 6 heteroatoms. The number of carbonyl (C=O) groups is 2. The zero-order valence-electron chi connectivity index (χ0n) is 9.87. The maximum atomic E-state index is 12.1. The molecule has 98 valence electrons. The van der Waals surface area contributed by atoms with Crippen molar-refractivity contribution < 1.29 is 14.7 Å². The quantitative estimate of drug-likeness (QED) is 0.613. The number of rotatable bonds is 4. The molecule has 1 aliphatic rings. The van der Waals surface area contributed by atoms with Crippen LogP contribution in [-0.4, -0.2) is 27.6 Å². The number of carboxylic acid groups (broad SMARTS) is 1. The predicted molar refractivity (Wildman–Crippen MR) is 75.9 cm³/mol. The number of carbonyl (C=O) groups excluding carboxylic acids is 2. The molecule has 1 aromatic carbocycles. The Hall–Kier alpha value is -1.66. The van der Waals surface area contributed by atoms with E-state index in [1.54, 1.807) is 6.08 Å². The fourth-order valence-electron chi connectivity index (χ4n) is 1.60. The molecule has 2 rings (SSSR count). The number of benzene rings is 1. The number of nitrogens with zero attached hydrogens (tertiary/aromatic N) is 1. The minimum Gasteiger partial charge on any atom is -0.550 e. The molecule has 0 saturated carbocycles. The van der Waals surface area contributed by atoms with Gasteiger partial charge in [0.2, 0.25) is 0 Å². The summed E-state index contributed by atoms with van der Waals surface area (Å²) in [4.78, 5) is 24.3. The third-order valence-electron chi connectivity index (χ3n) is 2.51. The van der Waals surface area contributed by atoms with E-state index in [2.05, 4.69) is 0 Å². The van der Waals surface area contributed by atoms with Crippen molar-refractivity contribution in [3.8, 4) is 0 Å². The predicted octanol–water partition coefficient (Wildman–Crippen LogP) is 1.03. The van der Waals surface area contributed by atoms with Crippen molar-refractivity contribution in [3.63, 3.8) is 0 Å². The van der Waals surface area contributed by atoms with Gasteiger partial charge in [0.25, 0.3) is 5.91 Å². The zero-order valence-corrected chi connectivity index (χ0v) is 11.5. The van der Waals surface area contributed by atoms with Crippen LogP contribution in [0.4, 0.5) is 0 Å². The van der Waals surface area contributed by atoms with Crippen LogP contribution >= 0.6 is 24.0 Å². The summed E-state index contributed by atoms with van der Waals surface area (Å²) in [5, 5.41) is 10.4. The van der Waals surface area contributed by atoms with Crippen LogP contribution in [0.3, 0.4) is 0 Å². The highest BCUT2D eigenvalue weighted by Crippen LogP contribution is 2.32. The van der Waals surface area contributed by atoms with Gasteiger partial charge >= 0.3 is 0 Å². The van der Waals surface area contributed by atoms with E-state index in [9.17, 15) is 14.7 Å². The third kappa shape index (κ3) is 3.42. The Morgan fingerprint density at radius 1 is 1.37 bits per heavy atom. The van der Waals surface area contributed by atoms with Gasteiger partial charge in [0.1, 0.15) is 4.32 Å². The van der Waals surface area contributed by atoms with Gasteiger partial charge in [-0.15, -0.1) is 0 Å². The summed E-state index contributed by atoms with van der Waals surface area (Å²) >= 11 is 6.26. The van der Waals surface area contributed by atoms with E-state index in [0.29, 0.717) is 9.23 Å². The molecule has 0 unspecified atom stereocenters. The van der Waals surface area contributed by atoms with Crippen LogP contribution in [0.5, 0.6) is 0 Å². The topological polar surface area (TPSA) is 60.4 Å². The average Bonchev–Trinajstić information content (AvgIpc) is 2.63. The van der Waals surface area contributed by atoms with Crippen molar-refractivity contribution >= 4 is 46.3 Å². The van der Waals surface area contributed by atoms with Crippen LogP contribution in [0, 0.1) is 0 Å². The summed E-state index contributed by atoms with van der Waals surface area (Å²) in [6.07, 6.45) is 1.53. The van der Waals surface area contributed by atoms with Crippen LogP contribution in [0.1, 0.15) is 12.0 Å². The van der Waals surface area contributed by atoms with Gasteiger partial charge in [0.15, 0.2) is 0 Å². The Bertz CT molecular complexity index is 554. The molecule has 0 radical (unpaired) electrons. The zero-order chi connectivity index (χ0) is 13.8. The fraction of sp³-hybridized carbons (Fsp3) is 0.154. The van der Waals surface area contributed by atoms with E-state index in [0.717, 1.165) is 5.56 Å². The number of hydrogen-bond donors (Lipinski definition) is 0. The van der Waals surface area contributed by atoms with E-state index in [1.807, 2.05) is 30.3 Å². The van der Waals surface area contributed by atoms with Gasteiger partial charge in [-0.2, -0.15) is 0 Å². The first kappa shape index (κ1) is 13.8. The van der Waals surface area contributed by atoms with Gasteiger partial charge in [0.05, 0.1) is 4.91 Å². The molecule has 1 aromatic rings. The molecule has 0 aliphatic carbocycles. The molecule has 0 spiro atoms. The normalized spacial score (nSPS) is 17.3. The lowest BCUT2D eigenvalue weighted by Gasteiger charge is -2.14. The van der Waals surface area contributed by atoms with E-state index < -0.39 is 5.97 Å². The molecule has 4 nitrogen and oxygen atoms in total. The SMILES string of the molecule is O=C([O-])CCN1C(=O)/C(=C\c2ccccc2)SC1=S. The summed E-state index contributed by atoms with van der Waals surface area (Å²) in [7, 11) is 0. The molecular formula is C13H10NO3S2-. The highest BCUT2D eigenvalue weighted by molar-refractivity contribution is 8.26. The maximum absolute atomic E-state index is 12.1. The number of thiocarbonyl (C=S) groups is 1. The van der Waals surface area contributed by atoms with Crippen LogP contribution in [0.15, 0.2) is 35.2 Å². The van der Waals surface area contributed by atoms with Gasteiger partial charge in [0, 0.05) is 18.9 Å². The summed E-state index contributed by atoms with van der Waals surface area (Å²) in [5.74, 6) is -1.44. The standard InChI is InChI=1S/C13H11NO3S2/c15-11(16)6-7-14-12(17)10(19-13(14)18)8-9-4-2-1-3-5-9/h1-5,8H,6-7H2,(H,15,16)/p-1/b10-8+. The number of amides is 1. The molecule has 1 fully saturated rings. The van der Waals surface area contributed by atoms with Crippen molar-refractivity contribution in [2.75, 3.05) is 6.54 Å². The van der Waals surface area contributed by atoms with Gasteiger partial charge in [-0.1, -0.05) is 54.3 Å². The Balaban J connectivity index is 2.14. The highest BCUT2D eigenvalue weighted by Gasteiger charge is 2.31. The monoisotopic (exact) mass is 292 g/mol. The first-order valence-corrected chi connectivity index (χ1v) is 6.80. The molecule has 0 N–H and O–H groups in total. The van der Waals surface area contributed by atoms with E-state index in [-0.39, 0.29) is 18.9 Å². The highest BCUT2D eigenvalue weighted by atomic mass is 32.2. The maximum Gasteiger partial charge on any atom is 0.266 e. The second-order valence-corrected chi connectivity index (χ2v) is 5.54. The molecule has 1 saturated heterocycles. The summed E-state index contributed by atoms with van der Waals surface area (Å²) in [6.45, 7) is 0.0547. The van der Waals surface area contributed by atoms with Crippen LogP contribution in [0.25, 0.3) is 6.08 Å². The summed E-state index contributed by atoms with van der Waals surface area (Å²) < 4.78 is 0.383. The van der Waals surface area contributed by atoms with Gasteiger partial charge in [-0.3, -0.25) is 9.69 Å². The fourth-order valence-corrected chi connectivity index (χ4v) is 2.91. The Morgan fingerprint density at radius 2 is 2.05 bits per heavy atom. The molecule has 19 heavy (non-hydrogen) atoms. The lowest BCUT2D eigenvalue weighted by Crippen LogP contribution is -2.33. The van der Waals surface area contributed by atoms with Crippen molar-refractivity contribution in [2.45, 2.75) is 6.42 Å². The number of thioether (sulfide) groups is 1. The molecule has 0 aromatic heterocycles. The van der Waals surface area contributed by atoms with Crippen molar-refractivity contribution in [1.29, 1.82) is 0 Å². The summed E-state index contributed by atoms with van der Waals surface area (Å²) in [5.41, 5.74) is 0.905. The van der Waals surface area contributed by atoms with Gasteiger partial charge in [-0.05, 0) is 11.6 Å². The van der Waals surface area contributed by atoms with Crippen LogP contribution < -0.4 is 5.11 Å². The van der Waals surface area contributed by atoms with Crippen LogP contribution in [-0.2, 0) is 9.59 Å². The minimum atomic E-state index is -1.19. The van der Waals surface area contributed by atoms with Crippen molar-refractivity contribution in [2.24, 2.45) is 0 Å². The second kappa shape index (κ2) is 5.99. The second-order valence-electron chi connectivity index (χ2n) is 3.87. The lowest BCUT2D eigenvalue weighted by atomic mass is 10.2. The number of hydrogen-bond acceptors (Lipinski definition) is 5. The van der Waals surface area contributed by atoms with Crippen molar-refractivity contribution in [1.82, 2.24) is 4.90 Å². The Kier molecular flexibility index (Phi) is 4.34. The van der Waals surface area contributed by atoms with Gasteiger partial charge < -0.3 is 9.90 Å². The van der Waals surface area contributed by atoms with E-state index >= 15 is 0 Å². The lowest BCUT2D eigenvalue weighted by molar-refractivity contribution is -0.305. The first-order chi connectivity index (χ1) is 9.08. The number of carboxylic acids is 1. The first-order valence-electron chi connectivity index (χ1n) is 5.58. The Morgan fingerprint density at radius 3 is 2.68 bits per heavy atom. The molecule has 0 atom stereocenters. The largest absolute Gasteiger partial charge is 0.550 e. The van der Waals surface area contributed by atoms with E-state index in [4.69, 9.17) is 12.2 Å². The Labute approximate surface area is 120 Å². The molecule has 1 aliphatic heterocycles.